The molecule has 0 bridgehead atoms. The van der Waals surface area contributed by atoms with E-state index in [0.717, 1.165) is 12.1 Å². The number of aliphatic hydroxyl groups excluding tert-OH is 1. The highest BCUT2D eigenvalue weighted by Gasteiger charge is 2.39. The van der Waals surface area contributed by atoms with Crippen LogP contribution in [0.3, 0.4) is 0 Å². The summed E-state index contributed by atoms with van der Waals surface area (Å²) in [7, 11) is 0. The van der Waals surface area contributed by atoms with Crippen LogP contribution < -0.4 is 5.73 Å². The Morgan fingerprint density at radius 1 is 1.31 bits per heavy atom. The Kier molecular flexibility index (Phi) is 3.54. The fraction of sp³-hybridized carbons (Fsp3) is 0.400. The lowest BCUT2D eigenvalue weighted by Gasteiger charge is -2.22. The van der Waals surface area contributed by atoms with Gasteiger partial charge in [0.2, 0.25) is 0 Å². The van der Waals surface area contributed by atoms with Crippen molar-refractivity contribution in [3.8, 4) is 0 Å². The monoisotopic (exact) mass is 237 g/mol. The Morgan fingerprint density at radius 3 is 2.38 bits per heavy atom. The Bertz CT molecular complexity index is 395. The van der Waals surface area contributed by atoms with Gasteiger partial charge in [-0.3, -0.25) is 0 Å². The van der Waals surface area contributed by atoms with Crippen molar-refractivity contribution < 1.29 is 22.7 Å². The van der Waals surface area contributed by atoms with Crippen LogP contribution in [0.15, 0.2) is 12.1 Å². The van der Waals surface area contributed by atoms with E-state index in [1.165, 1.54) is 6.92 Å². The SMILES string of the molecule is Cc1ccc([C@H](N)C(F)(F)CO)c(F)c1F. The molecule has 16 heavy (non-hydrogen) atoms. The van der Waals surface area contributed by atoms with Crippen LogP contribution in [0.5, 0.6) is 0 Å². The van der Waals surface area contributed by atoms with Gasteiger partial charge in [0, 0.05) is 5.56 Å². The molecule has 0 aliphatic rings. The van der Waals surface area contributed by atoms with Gasteiger partial charge in [-0.25, -0.2) is 17.6 Å². The van der Waals surface area contributed by atoms with Crippen molar-refractivity contribution in [3.05, 3.63) is 34.9 Å². The van der Waals surface area contributed by atoms with Crippen LogP contribution in [0.2, 0.25) is 0 Å². The first-order valence-corrected chi connectivity index (χ1v) is 4.50. The number of rotatable bonds is 3. The number of aliphatic hydroxyl groups is 1. The highest BCUT2D eigenvalue weighted by atomic mass is 19.3. The molecule has 1 aromatic carbocycles. The zero-order valence-electron chi connectivity index (χ0n) is 8.48. The molecule has 0 spiro atoms. The smallest absolute Gasteiger partial charge is 0.289 e. The summed E-state index contributed by atoms with van der Waals surface area (Å²) in [5.74, 6) is -6.30. The van der Waals surface area contributed by atoms with Gasteiger partial charge < -0.3 is 10.8 Å². The summed E-state index contributed by atoms with van der Waals surface area (Å²) >= 11 is 0. The third-order valence-electron chi connectivity index (χ3n) is 2.31. The minimum absolute atomic E-state index is 0.000708. The van der Waals surface area contributed by atoms with E-state index in [9.17, 15) is 17.6 Å². The number of hydrogen-bond acceptors (Lipinski definition) is 2. The van der Waals surface area contributed by atoms with Crippen molar-refractivity contribution in [2.24, 2.45) is 5.73 Å². The molecule has 1 aromatic rings. The van der Waals surface area contributed by atoms with Crippen LogP contribution in [0, 0.1) is 18.6 Å². The quantitative estimate of drug-likeness (QED) is 0.789. The maximum absolute atomic E-state index is 13.3. The van der Waals surface area contributed by atoms with E-state index in [0.29, 0.717) is 0 Å². The summed E-state index contributed by atoms with van der Waals surface area (Å²) in [6.07, 6.45) is 0. The van der Waals surface area contributed by atoms with E-state index in [2.05, 4.69) is 0 Å². The van der Waals surface area contributed by atoms with E-state index in [1.807, 2.05) is 0 Å². The van der Waals surface area contributed by atoms with Gasteiger partial charge in [0.15, 0.2) is 11.6 Å². The predicted molar refractivity (Wildman–Crippen MR) is 50.1 cm³/mol. The second-order valence-electron chi connectivity index (χ2n) is 3.50. The minimum atomic E-state index is -3.69. The van der Waals surface area contributed by atoms with E-state index in [4.69, 9.17) is 10.8 Å². The van der Waals surface area contributed by atoms with Crippen molar-refractivity contribution in [1.82, 2.24) is 0 Å². The third kappa shape index (κ3) is 2.17. The average molecular weight is 237 g/mol. The molecule has 0 aromatic heterocycles. The molecule has 0 heterocycles. The van der Waals surface area contributed by atoms with Crippen molar-refractivity contribution in [1.29, 1.82) is 0 Å². The maximum atomic E-state index is 13.3. The predicted octanol–water partition coefficient (Wildman–Crippen LogP) is 1.90. The summed E-state index contributed by atoms with van der Waals surface area (Å²) < 4.78 is 52.4. The first-order chi connectivity index (χ1) is 7.31. The van der Waals surface area contributed by atoms with Crippen LogP contribution >= 0.6 is 0 Å². The fourth-order valence-electron chi connectivity index (χ4n) is 1.23. The molecule has 0 unspecified atom stereocenters. The van der Waals surface area contributed by atoms with Crippen molar-refractivity contribution in [3.63, 3.8) is 0 Å². The van der Waals surface area contributed by atoms with Crippen LogP contribution in [0.25, 0.3) is 0 Å². The molecule has 1 atom stereocenters. The number of nitrogens with two attached hydrogens (primary N) is 1. The molecule has 2 nitrogen and oxygen atoms in total. The Labute approximate surface area is 89.7 Å². The van der Waals surface area contributed by atoms with Crippen LogP contribution in [0.4, 0.5) is 17.6 Å². The summed E-state index contributed by atoms with van der Waals surface area (Å²) in [6.45, 7) is -0.221. The number of halogens is 4. The topological polar surface area (TPSA) is 46.2 Å². The number of aryl methyl sites for hydroxylation is 1. The lowest BCUT2D eigenvalue weighted by molar-refractivity contribution is -0.0719. The molecule has 1 rings (SSSR count). The molecule has 6 heteroatoms. The highest BCUT2D eigenvalue weighted by molar-refractivity contribution is 5.28. The zero-order valence-corrected chi connectivity index (χ0v) is 8.48. The molecule has 0 radical (unpaired) electrons. The van der Waals surface area contributed by atoms with Gasteiger partial charge in [-0.1, -0.05) is 12.1 Å². The average Bonchev–Trinajstić information content (AvgIpc) is 2.25. The molecule has 0 aliphatic heterocycles. The molecular weight excluding hydrogens is 226 g/mol. The second kappa shape index (κ2) is 4.39. The fourth-order valence-corrected chi connectivity index (χ4v) is 1.23. The molecule has 0 amide bonds. The maximum Gasteiger partial charge on any atom is 0.289 e. The van der Waals surface area contributed by atoms with E-state index in [1.54, 1.807) is 0 Å². The van der Waals surface area contributed by atoms with Gasteiger partial charge in [-0.15, -0.1) is 0 Å². The number of benzene rings is 1. The molecule has 90 valence electrons. The van der Waals surface area contributed by atoms with Gasteiger partial charge in [-0.2, -0.15) is 0 Å². The van der Waals surface area contributed by atoms with E-state index >= 15 is 0 Å². The molecule has 0 aliphatic carbocycles. The van der Waals surface area contributed by atoms with Gasteiger partial charge in [0.05, 0.1) is 6.04 Å². The molecule has 0 saturated heterocycles. The molecule has 3 N–H and O–H groups in total. The third-order valence-corrected chi connectivity index (χ3v) is 2.31. The van der Waals surface area contributed by atoms with Crippen LogP contribution in [-0.2, 0) is 0 Å². The normalized spacial score (nSPS) is 13.9. The van der Waals surface area contributed by atoms with Gasteiger partial charge in [0.1, 0.15) is 6.61 Å². The van der Waals surface area contributed by atoms with Crippen molar-refractivity contribution >= 4 is 0 Å². The van der Waals surface area contributed by atoms with Crippen LogP contribution in [0.1, 0.15) is 17.2 Å². The minimum Gasteiger partial charge on any atom is -0.390 e. The lowest BCUT2D eigenvalue weighted by atomic mass is 9.99. The summed E-state index contributed by atoms with van der Waals surface area (Å²) in [5.41, 5.74) is 4.44. The Hall–Kier alpha value is -1.14. The van der Waals surface area contributed by atoms with E-state index < -0.39 is 35.8 Å². The summed E-state index contributed by atoms with van der Waals surface area (Å²) in [6, 6.07) is 0.0656. The van der Waals surface area contributed by atoms with Gasteiger partial charge in [-0.05, 0) is 12.5 Å². The molecule has 0 fully saturated rings. The first-order valence-electron chi connectivity index (χ1n) is 4.50. The Morgan fingerprint density at radius 2 is 1.88 bits per heavy atom. The number of alkyl halides is 2. The van der Waals surface area contributed by atoms with Crippen molar-refractivity contribution in [2.45, 2.75) is 18.9 Å². The van der Waals surface area contributed by atoms with E-state index in [-0.39, 0.29) is 5.56 Å². The number of hydrogen-bond donors (Lipinski definition) is 2. The highest BCUT2D eigenvalue weighted by Crippen LogP contribution is 2.31. The standard InChI is InChI=1S/C10H11F4NO/c1-5-2-3-6(8(12)7(5)11)9(15)10(13,14)4-16/h2-3,9,16H,4,15H2,1H3/t9-/m0/s1. The van der Waals surface area contributed by atoms with Crippen LogP contribution in [-0.4, -0.2) is 17.6 Å². The van der Waals surface area contributed by atoms with Crippen molar-refractivity contribution in [2.75, 3.05) is 6.61 Å². The summed E-state index contributed by atoms with van der Waals surface area (Å²) in [4.78, 5) is 0. The Balaban J connectivity index is 3.20. The zero-order chi connectivity index (χ0) is 12.5. The molecule has 0 saturated carbocycles. The summed E-state index contributed by atoms with van der Waals surface area (Å²) in [5, 5.41) is 8.39. The molecular formula is C10H11F4NO. The largest absolute Gasteiger partial charge is 0.390 e. The second-order valence-corrected chi connectivity index (χ2v) is 3.50. The lowest BCUT2D eigenvalue weighted by Crippen LogP contribution is -2.37. The van der Waals surface area contributed by atoms with Gasteiger partial charge >= 0.3 is 0 Å². The first kappa shape index (κ1) is 12.9. The van der Waals surface area contributed by atoms with Gasteiger partial charge in [0.25, 0.3) is 5.92 Å².